The van der Waals surface area contributed by atoms with Crippen LogP contribution in [0.15, 0.2) is 36.4 Å². The summed E-state index contributed by atoms with van der Waals surface area (Å²) < 4.78 is 42.2. The molecule has 0 spiro atoms. The summed E-state index contributed by atoms with van der Waals surface area (Å²) in [4.78, 5) is 16.8. The lowest BCUT2D eigenvalue weighted by atomic mass is 9.84. The van der Waals surface area contributed by atoms with E-state index < -0.39 is 28.8 Å². The number of benzene rings is 2. The summed E-state index contributed by atoms with van der Waals surface area (Å²) in [5.41, 5.74) is -4.89. The van der Waals surface area contributed by atoms with Gasteiger partial charge in [-0.15, -0.1) is 0 Å². The molecule has 1 saturated heterocycles. The Morgan fingerprint density at radius 1 is 1.12 bits per heavy atom. The van der Waals surface area contributed by atoms with Crippen LogP contribution in [0.25, 0.3) is 0 Å². The minimum absolute atomic E-state index is 0.0235. The number of nitriles is 1. The molecule has 1 atom stereocenters. The Bertz CT molecular complexity index is 1090. The number of rotatable bonds is 4. The molecule has 2 heterocycles. The number of anilines is 1. The third kappa shape index (κ3) is 3.75. The third-order valence-corrected chi connectivity index (χ3v) is 6.44. The fraction of sp³-hybridized carbons (Fsp3) is 0.391. The number of likely N-dealkylation sites (tertiary alicyclic amines) is 1. The predicted molar refractivity (Wildman–Crippen MR) is 113 cm³/mol. The van der Waals surface area contributed by atoms with Crippen LogP contribution in [0.1, 0.15) is 41.5 Å². The molecule has 2 aromatic carbocycles. The van der Waals surface area contributed by atoms with Crippen LogP contribution in [0.5, 0.6) is 0 Å². The van der Waals surface area contributed by atoms with Gasteiger partial charge in [0.1, 0.15) is 0 Å². The largest absolute Gasteiger partial charge is 0.416 e. The monoisotopic (exact) mass is 463 g/mol. The molecule has 1 amide bonds. The maximum Gasteiger partial charge on any atom is 0.416 e. The second-order valence-corrected chi connectivity index (χ2v) is 8.48. The van der Waals surface area contributed by atoms with Gasteiger partial charge in [0.25, 0.3) is 5.91 Å². The highest BCUT2D eigenvalue weighted by atomic mass is 35.5. The highest BCUT2D eigenvalue weighted by Gasteiger charge is 2.56. The smallest absolute Gasteiger partial charge is 0.372 e. The molecule has 0 radical (unpaired) electrons. The molecule has 0 saturated carbocycles. The second-order valence-electron chi connectivity index (χ2n) is 8.08. The van der Waals surface area contributed by atoms with Crippen molar-refractivity contribution in [3.8, 4) is 6.07 Å². The Hall–Kier alpha value is -2.60. The van der Waals surface area contributed by atoms with Gasteiger partial charge in [-0.1, -0.05) is 36.2 Å². The molecule has 4 rings (SSSR count). The molecule has 1 unspecified atom stereocenters. The van der Waals surface area contributed by atoms with Crippen LogP contribution >= 0.6 is 11.6 Å². The summed E-state index contributed by atoms with van der Waals surface area (Å²) in [7, 11) is 0. The number of fused-ring (bicyclic) bond motifs is 1. The van der Waals surface area contributed by atoms with Crippen LogP contribution in [0.4, 0.5) is 18.9 Å². The molecular weight excluding hydrogens is 443 g/mol. The number of hydrogen-bond acceptors (Lipinski definition) is 4. The zero-order valence-electron chi connectivity index (χ0n) is 17.1. The first-order valence-electron chi connectivity index (χ1n) is 10.4. The number of hydrogen-bond donors (Lipinski definition) is 1. The van der Waals surface area contributed by atoms with Crippen LogP contribution in [0, 0.1) is 11.3 Å². The Morgan fingerprint density at radius 3 is 2.44 bits per heavy atom. The topological polar surface area (TPSA) is 67.6 Å². The predicted octanol–water partition coefficient (Wildman–Crippen LogP) is 4.30. The van der Waals surface area contributed by atoms with E-state index in [0.29, 0.717) is 12.6 Å². The van der Waals surface area contributed by atoms with Gasteiger partial charge in [0.15, 0.2) is 5.60 Å². The van der Waals surface area contributed by atoms with Crippen molar-refractivity contribution < 1.29 is 23.1 Å². The van der Waals surface area contributed by atoms with Gasteiger partial charge in [-0.2, -0.15) is 18.4 Å². The van der Waals surface area contributed by atoms with Crippen LogP contribution in [0.2, 0.25) is 5.02 Å². The van der Waals surface area contributed by atoms with Gasteiger partial charge in [-0.25, -0.2) is 0 Å². The number of carbonyl (C=O) groups excluding carboxylic acids is 1. The second kappa shape index (κ2) is 8.39. The Morgan fingerprint density at radius 2 is 1.81 bits per heavy atom. The molecule has 1 fully saturated rings. The Kier molecular flexibility index (Phi) is 5.93. The summed E-state index contributed by atoms with van der Waals surface area (Å²) in [6.45, 7) is 2.22. The van der Waals surface area contributed by atoms with Crippen molar-refractivity contribution in [2.45, 2.75) is 31.0 Å². The number of amides is 1. The molecule has 5 nitrogen and oxygen atoms in total. The molecule has 2 aliphatic rings. The zero-order valence-corrected chi connectivity index (χ0v) is 17.9. The highest BCUT2D eigenvalue weighted by Crippen LogP contribution is 2.51. The van der Waals surface area contributed by atoms with Crippen molar-refractivity contribution in [1.29, 1.82) is 5.26 Å². The Balaban J connectivity index is 1.89. The molecule has 1 N–H and O–H groups in total. The number of aliphatic hydroxyl groups is 1. The quantitative estimate of drug-likeness (QED) is 0.734. The summed E-state index contributed by atoms with van der Waals surface area (Å²) >= 11 is 6.22. The molecule has 168 valence electrons. The van der Waals surface area contributed by atoms with E-state index in [1.807, 2.05) is 0 Å². The number of halogens is 4. The van der Waals surface area contributed by atoms with Crippen LogP contribution < -0.4 is 4.90 Å². The van der Waals surface area contributed by atoms with Gasteiger partial charge in [-0.05, 0) is 44.1 Å². The van der Waals surface area contributed by atoms with E-state index in [4.69, 9.17) is 11.6 Å². The lowest BCUT2D eigenvalue weighted by Gasteiger charge is -2.29. The van der Waals surface area contributed by atoms with Crippen molar-refractivity contribution in [2.24, 2.45) is 0 Å². The maximum absolute atomic E-state index is 14.1. The first-order valence-corrected chi connectivity index (χ1v) is 10.7. The van der Waals surface area contributed by atoms with Crippen molar-refractivity contribution in [3.05, 3.63) is 63.7 Å². The van der Waals surface area contributed by atoms with E-state index >= 15 is 0 Å². The molecule has 2 aromatic rings. The normalized spacial score (nSPS) is 21.5. The average molecular weight is 464 g/mol. The summed E-state index contributed by atoms with van der Waals surface area (Å²) in [6.07, 6.45) is -1.74. The van der Waals surface area contributed by atoms with E-state index in [-0.39, 0.29) is 28.4 Å². The fourth-order valence-corrected chi connectivity index (χ4v) is 4.84. The number of alkyl halides is 3. The van der Waals surface area contributed by atoms with Gasteiger partial charge >= 0.3 is 6.18 Å². The van der Waals surface area contributed by atoms with Crippen LogP contribution in [0.3, 0.4) is 0 Å². The van der Waals surface area contributed by atoms with Crippen LogP contribution in [-0.2, 0) is 16.6 Å². The summed E-state index contributed by atoms with van der Waals surface area (Å²) in [5.74, 6) is -0.904. The van der Waals surface area contributed by atoms with E-state index in [1.165, 1.54) is 24.3 Å². The zero-order chi connectivity index (χ0) is 23.1. The molecule has 32 heavy (non-hydrogen) atoms. The molecule has 2 aliphatic heterocycles. The molecule has 0 aromatic heterocycles. The van der Waals surface area contributed by atoms with Gasteiger partial charge in [0.05, 0.1) is 22.9 Å². The van der Waals surface area contributed by atoms with Crippen molar-refractivity contribution in [3.63, 3.8) is 0 Å². The third-order valence-electron chi connectivity index (χ3n) is 6.11. The van der Waals surface area contributed by atoms with Crippen LogP contribution in [-0.4, -0.2) is 42.1 Å². The highest BCUT2D eigenvalue weighted by molar-refractivity contribution is 6.32. The van der Waals surface area contributed by atoms with E-state index in [2.05, 4.69) is 4.90 Å². The fourth-order valence-electron chi connectivity index (χ4n) is 4.57. The van der Waals surface area contributed by atoms with Crippen molar-refractivity contribution >= 4 is 23.2 Å². The standard InChI is InChI=1S/C23H21ClF3N3O2/c24-18-7-3-2-6-16(18)22(32)20-17(23(25,26)27)12-15(14-28)13-19(20)30(21(22)31)11-10-29-8-4-1-5-9-29/h2-3,6-7,12-13,32H,1,4-5,8-11H2. The van der Waals surface area contributed by atoms with E-state index in [1.54, 1.807) is 12.1 Å². The number of carbonyl (C=O) groups is 1. The molecule has 0 aliphatic carbocycles. The number of nitrogens with zero attached hydrogens (tertiary/aromatic N) is 3. The van der Waals surface area contributed by atoms with E-state index in [9.17, 15) is 28.3 Å². The molecule has 9 heteroatoms. The minimum atomic E-state index is -4.89. The van der Waals surface area contributed by atoms with Gasteiger partial charge in [0.2, 0.25) is 0 Å². The van der Waals surface area contributed by atoms with Gasteiger partial charge in [-0.3, -0.25) is 4.79 Å². The van der Waals surface area contributed by atoms with Crippen molar-refractivity contribution in [2.75, 3.05) is 31.1 Å². The first kappa shape index (κ1) is 22.6. The lowest BCUT2D eigenvalue weighted by molar-refractivity contribution is -0.142. The summed E-state index contributed by atoms with van der Waals surface area (Å²) in [6, 6.07) is 9.45. The van der Waals surface area contributed by atoms with Gasteiger partial charge in [0, 0.05) is 29.2 Å². The Labute approximate surface area is 188 Å². The summed E-state index contributed by atoms with van der Waals surface area (Å²) in [5, 5.41) is 20.9. The lowest BCUT2D eigenvalue weighted by Crippen LogP contribution is -2.45. The first-order chi connectivity index (χ1) is 15.2. The average Bonchev–Trinajstić information content (AvgIpc) is 2.99. The van der Waals surface area contributed by atoms with E-state index in [0.717, 1.165) is 37.3 Å². The number of piperidine rings is 1. The van der Waals surface area contributed by atoms with Gasteiger partial charge < -0.3 is 14.9 Å². The van der Waals surface area contributed by atoms with Crippen molar-refractivity contribution in [1.82, 2.24) is 4.90 Å². The molecule has 0 bridgehead atoms. The minimum Gasteiger partial charge on any atom is -0.372 e. The SMILES string of the molecule is N#Cc1cc2c(c(C(F)(F)F)c1)C(O)(c1ccccc1Cl)C(=O)N2CCN1CCCCC1. The maximum atomic E-state index is 14.1. The molecular formula is C23H21ClF3N3O2.